The molecule has 1 aliphatic rings. The smallest absolute Gasteiger partial charge is 0.00671 e. The molecule has 0 aromatic carbocycles. The van der Waals surface area contributed by atoms with Gasteiger partial charge in [-0.05, 0) is 55.8 Å². The van der Waals surface area contributed by atoms with Crippen LogP contribution in [-0.2, 0) is 0 Å². The summed E-state index contributed by atoms with van der Waals surface area (Å²) >= 11 is 0. The van der Waals surface area contributed by atoms with Crippen LogP contribution in [-0.4, -0.2) is 6.04 Å². The molecule has 1 atom stereocenters. The van der Waals surface area contributed by atoms with Crippen LogP contribution in [0.25, 0.3) is 0 Å². The molecule has 1 saturated carbocycles. The van der Waals surface area contributed by atoms with E-state index in [0.717, 1.165) is 23.7 Å². The first-order valence-electron chi connectivity index (χ1n) is 7.76. The molecule has 1 fully saturated rings. The van der Waals surface area contributed by atoms with Crippen molar-refractivity contribution in [1.82, 2.24) is 0 Å². The predicted octanol–water partition coefficient (Wildman–Crippen LogP) is 4.60. The van der Waals surface area contributed by atoms with E-state index in [1.54, 1.807) is 0 Å². The Kier molecular flexibility index (Phi) is 6.54. The second kappa shape index (κ2) is 7.41. The highest BCUT2D eigenvalue weighted by Gasteiger charge is 2.26. The van der Waals surface area contributed by atoms with Crippen molar-refractivity contribution >= 4 is 0 Å². The van der Waals surface area contributed by atoms with Crippen LogP contribution < -0.4 is 5.73 Å². The topological polar surface area (TPSA) is 26.0 Å². The molecule has 1 heteroatoms. The summed E-state index contributed by atoms with van der Waals surface area (Å²) in [6.45, 7) is 9.35. The molecule has 1 unspecified atom stereocenters. The van der Waals surface area contributed by atoms with Crippen LogP contribution in [0, 0.1) is 23.7 Å². The summed E-state index contributed by atoms with van der Waals surface area (Å²) < 4.78 is 0. The molecule has 0 amide bonds. The minimum Gasteiger partial charge on any atom is -0.327 e. The Labute approximate surface area is 109 Å². The third-order valence-corrected chi connectivity index (χ3v) is 4.68. The highest BCUT2D eigenvalue weighted by molar-refractivity contribution is 4.80. The van der Waals surface area contributed by atoms with Crippen molar-refractivity contribution in [2.45, 2.75) is 78.7 Å². The number of hydrogen-bond donors (Lipinski definition) is 1. The van der Waals surface area contributed by atoms with Gasteiger partial charge in [-0.15, -0.1) is 0 Å². The van der Waals surface area contributed by atoms with Crippen molar-refractivity contribution in [3.8, 4) is 0 Å². The second-order valence-electron chi connectivity index (χ2n) is 6.91. The van der Waals surface area contributed by atoms with Gasteiger partial charge in [-0.25, -0.2) is 0 Å². The predicted molar refractivity (Wildman–Crippen MR) is 77.0 cm³/mol. The average Bonchev–Trinajstić information content (AvgIpc) is 2.28. The number of nitrogens with two attached hydrogens (primary N) is 1. The van der Waals surface area contributed by atoms with Crippen molar-refractivity contribution in [3.05, 3.63) is 0 Å². The van der Waals surface area contributed by atoms with Gasteiger partial charge in [0.2, 0.25) is 0 Å². The molecule has 0 heterocycles. The van der Waals surface area contributed by atoms with Gasteiger partial charge in [-0.2, -0.15) is 0 Å². The van der Waals surface area contributed by atoms with E-state index in [2.05, 4.69) is 27.7 Å². The summed E-state index contributed by atoms with van der Waals surface area (Å²) in [6.07, 6.45) is 9.50. The zero-order valence-corrected chi connectivity index (χ0v) is 12.4. The fourth-order valence-corrected chi connectivity index (χ4v) is 3.24. The zero-order valence-electron chi connectivity index (χ0n) is 12.4. The Morgan fingerprint density at radius 2 is 1.41 bits per heavy atom. The van der Waals surface area contributed by atoms with E-state index in [-0.39, 0.29) is 0 Å². The Balaban J connectivity index is 2.19. The van der Waals surface area contributed by atoms with E-state index in [1.807, 2.05) is 0 Å². The van der Waals surface area contributed by atoms with Crippen LogP contribution in [0.3, 0.4) is 0 Å². The fraction of sp³-hybridized carbons (Fsp3) is 1.00. The maximum atomic E-state index is 6.36. The molecule has 0 saturated heterocycles. The molecule has 17 heavy (non-hydrogen) atoms. The second-order valence-corrected chi connectivity index (χ2v) is 6.91. The lowest BCUT2D eigenvalue weighted by Gasteiger charge is -2.34. The third kappa shape index (κ3) is 5.42. The first-order valence-corrected chi connectivity index (χ1v) is 7.76. The molecule has 0 aliphatic heterocycles. The summed E-state index contributed by atoms with van der Waals surface area (Å²) in [7, 11) is 0. The largest absolute Gasteiger partial charge is 0.327 e. The number of rotatable bonds is 6. The Bertz CT molecular complexity index is 190. The van der Waals surface area contributed by atoms with Crippen LogP contribution in [0.4, 0.5) is 0 Å². The highest BCUT2D eigenvalue weighted by atomic mass is 14.6. The normalized spacial score (nSPS) is 27.7. The first-order chi connectivity index (χ1) is 8.00. The minimum atomic E-state index is 0.474. The molecule has 0 aromatic heterocycles. The standard InChI is InChI=1S/C16H33N/c1-12(2)6-5-7-16(17)15-10-8-14(9-11-15)13(3)4/h12-16H,5-11,17H2,1-4H3. The van der Waals surface area contributed by atoms with Crippen molar-refractivity contribution in [2.75, 3.05) is 0 Å². The molecule has 2 N–H and O–H groups in total. The van der Waals surface area contributed by atoms with E-state index in [1.165, 1.54) is 44.9 Å². The maximum Gasteiger partial charge on any atom is 0.00671 e. The van der Waals surface area contributed by atoms with Crippen LogP contribution >= 0.6 is 0 Å². The lowest BCUT2D eigenvalue weighted by molar-refractivity contribution is 0.197. The van der Waals surface area contributed by atoms with Gasteiger partial charge < -0.3 is 5.73 Å². The SMILES string of the molecule is CC(C)CCCC(N)C1CCC(C(C)C)CC1. The Hall–Kier alpha value is -0.0400. The lowest BCUT2D eigenvalue weighted by atomic mass is 9.74. The van der Waals surface area contributed by atoms with Gasteiger partial charge in [-0.3, -0.25) is 0 Å². The van der Waals surface area contributed by atoms with Gasteiger partial charge in [0, 0.05) is 6.04 Å². The Morgan fingerprint density at radius 3 is 1.88 bits per heavy atom. The summed E-state index contributed by atoms with van der Waals surface area (Å²) in [4.78, 5) is 0. The van der Waals surface area contributed by atoms with Crippen molar-refractivity contribution in [1.29, 1.82) is 0 Å². The monoisotopic (exact) mass is 239 g/mol. The average molecular weight is 239 g/mol. The van der Waals surface area contributed by atoms with Gasteiger partial charge in [-0.1, -0.05) is 40.5 Å². The molecule has 1 aliphatic carbocycles. The molecule has 1 nitrogen and oxygen atoms in total. The molecular weight excluding hydrogens is 206 g/mol. The van der Waals surface area contributed by atoms with Gasteiger partial charge in [0.25, 0.3) is 0 Å². The summed E-state index contributed by atoms with van der Waals surface area (Å²) in [5.41, 5.74) is 6.36. The van der Waals surface area contributed by atoms with Gasteiger partial charge in [0.05, 0.1) is 0 Å². The van der Waals surface area contributed by atoms with E-state index >= 15 is 0 Å². The Morgan fingerprint density at radius 1 is 0.882 bits per heavy atom. The van der Waals surface area contributed by atoms with Crippen molar-refractivity contribution < 1.29 is 0 Å². The summed E-state index contributed by atoms with van der Waals surface area (Å²) in [6, 6.07) is 0.474. The van der Waals surface area contributed by atoms with E-state index in [0.29, 0.717) is 6.04 Å². The molecule has 0 bridgehead atoms. The van der Waals surface area contributed by atoms with Crippen LogP contribution in [0.2, 0.25) is 0 Å². The number of hydrogen-bond acceptors (Lipinski definition) is 1. The van der Waals surface area contributed by atoms with Crippen molar-refractivity contribution in [3.63, 3.8) is 0 Å². The van der Waals surface area contributed by atoms with Crippen LogP contribution in [0.1, 0.15) is 72.6 Å². The summed E-state index contributed by atoms with van der Waals surface area (Å²) in [5, 5.41) is 0. The molecular formula is C16H33N. The lowest BCUT2D eigenvalue weighted by Crippen LogP contribution is -2.33. The van der Waals surface area contributed by atoms with Crippen LogP contribution in [0.5, 0.6) is 0 Å². The van der Waals surface area contributed by atoms with E-state index in [4.69, 9.17) is 5.73 Å². The molecule has 0 spiro atoms. The minimum absolute atomic E-state index is 0.474. The maximum absolute atomic E-state index is 6.36. The zero-order chi connectivity index (χ0) is 12.8. The van der Waals surface area contributed by atoms with Gasteiger partial charge in [0.15, 0.2) is 0 Å². The molecule has 0 aromatic rings. The molecule has 0 radical (unpaired) electrons. The highest BCUT2D eigenvalue weighted by Crippen LogP contribution is 2.35. The van der Waals surface area contributed by atoms with E-state index < -0.39 is 0 Å². The molecule has 102 valence electrons. The first kappa shape index (κ1) is 15.0. The van der Waals surface area contributed by atoms with Gasteiger partial charge >= 0.3 is 0 Å². The summed E-state index contributed by atoms with van der Waals surface area (Å²) in [5.74, 6) is 3.48. The quantitative estimate of drug-likeness (QED) is 0.720. The van der Waals surface area contributed by atoms with Crippen molar-refractivity contribution in [2.24, 2.45) is 29.4 Å². The fourth-order valence-electron chi connectivity index (χ4n) is 3.24. The van der Waals surface area contributed by atoms with Crippen LogP contribution in [0.15, 0.2) is 0 Å². The third-order valence-electron chi connectivity index (χ3n) is 4.68. The van der Waals surface area contributed by atoms with Gasteiger partial charge in [0.1, 0.15) is 0 Å². The molecule has 1 rings (SSSR count). The van der Waals surface area contributed by atoms with E-state index in [9.17, 15) is 0 Å².